The fraction of sp³-hybridized carbons (Fsp3) is 0.794. The van der Waals surface area contributed by atoms with Crippen LogP contribution >= 0.6 is 14.5 Å². The van der Waals surface area contributed by atoms with Crippen molar-refractivity contribution in [1.82, 2.24) is 0 Å². The second-order valence-corrected chi connectivity index (χ2v) is 30.4. The molecule has 0 saturated carbocycles. The highest BCUT2D eigenvalue weighted by molar-refractivity contribution is 7.75. The molecule has 0 unspecified atom stereocenters. The molecule has 2 aromatic rings. The summed E-state index contributed by atoms with van der Waals surface area (Å²) in [6.07, 6.45) is 61.8. The van der Waals surface area contributed by atoms with Crippen molar-refractivity contribution in [2.45, 2.75) is 285 Å². The standard InChI is InChI=1S/C63H114OP2/c1-7-13-19-25-31-37-51-65(52-38-32-26-20-14-8-2,53-39-33-27-21-15-9-3)57-59-43-47-61(48-44-59)63(64)62-49-45-60(46-50-62)58-66(54-40-34-28-22-16-10-4,55-41-35-29-23-17-11-5)56-42-36-30-24-18-12-6/h43-50H,7-42,51-58H2,1-6H3/q+2. The molecular weight excluding hydrogens is 835 g/mol. The monoisotopic (exact) mass is 949 g/mol. The number of benzene rings is 2. The maximum absolute atomic E-state index is 14.1. The summed E-state index contributed by atoms with van der Waals surface area (Å²) in [6.45, 7) is 14.0. The Morgan fingerprint density at radius 2 is 0.455 bits per heavy atom. The Bertz CT molecular complexity index is 1180. The molecule has 0 spiro atoms. The molecule has 0 fully saturated rings. The summed E-state index contributed by atoms with van der Waals surface area (Å²) in [6, 6.07) is 18.2. The lowest BCUT2D eigenvalue weighted by Gasteiger charge is -2.29. The first-order chi connectivity index (χ1) is 32.4. The molecule has 0 aliphatic carbocycles. The fourth-order valence-electron chi connectivity index (χ4n) is 11.0. The zero-order chi connectivity index (χ0) is 47.7. The fourth-order valence-corrected chi connectivity index (χ4v) is 20.6. The molecule has 0 N–H and O–H groups in total. The number of unbranched alkanes of at least 4 members (excludes halogenated alkanes) is 30. The van der Waals surface area contributed by atoms with Gasteiger partial charge in [0.1, 0.15) is 0 Å². The predicted molar refractivity (Wildman–Crippen MR) is 307 cm³/mol. The molecule has 2 rings (SSSR count). The molecule has 0 bridgehead atoms. The molecule has 0 radical (unpaired) electrons. The van der Waals surface area contributed by atoms with Gasteiger partial charge in [-0.2, -0.15) is 0 Å². The van der Waals surface area contributed by atoms with Gasteiger partial charge in [-0.05, 0) is 88.2 Å². The third kappa shape index (κ3) is 29.2. The van der Waals surface area contributed by atoms with Gasteiger partial charge in [-0.3, -0.25) is 4.79 Å². The minimum atomic E-state index is -1.13. The Morgan fingerprint density at radius 1 is 0.273 bits per heavy atom. The van der Waals surface area contributed by atoms with Gasteiger partial charge in [0.15, 0.2) is 5.78 Å². The van der Waals surface area contributed by atoms with Crippen LogP contribution in [0.15, 0.2) is 48.5 Å². The van der Waals surface area contributed by atoms with E-state index < -0.39 is 14.5 Å². The smallest absolute Gasteiger partial charge is 0.193 e. The Balaban J connectivity index is 2.28. The molecule has 66 heavy (non-hydrogen) atoms. The van der Waals surface area contributed by atoms with Crippen molar-refractivity contribution in [2.24, 2.45) is 0 Å². The molecule has 2 aromatic carbocycles. The van der Waals surface area contributed by atoms with Crippen LogP contribution in [0.4, 0.5) is 0 Å². The second-order valence-electron chi connectivity index (χ2n) is 21.7. The van der Waals surface area contributed by atoms with E-state index in [0.717, 1.165) is 11.1 Å². The molecule has 0 heterocycles. The average Bonchev–Trinajstić information content (AvgIpc) is 3.33. The molecule has 0 atom stereocenters. The van der Waals surface area contributed by atoms with Gasteiger partial charge in [-0.1, -0.05) is 244 Å². The van der Waals surface area contributed by atoms with E-state index in [9.17, 15) is 4.79 Å². The van der Waals surface area contributed by atoms with Crippen molar-refractivity contribution in [1.29, 1.82) is 0 Å². The quantitative estimate of drug-likeness (QED) is 0.0367. The van der Waals surface area contributed by atoms with E-state index in [1.165, 1.54) is 292 Å². The van der Waals surface area contributed by atoms with Crippen molar-refractivity contribution in [3.63, 3.8) is 0 Å². The molecular formula is C63H114OP2+2. The van der Waals surface area contributed by atoms with Gasteiger partial charge in [0.25, 0.3) is 0 Å². The van der Waals surface area contributed by atoms with E-state index in [2.05, 4.69) is 90.1 Å². The van der Waals surface area contributed by atoms with E-state index in [1.807, 2.05) is 0 Å². The maximum atomic E-state index is 14.1. The van der Waals surface area contributed by atoms with Gasteiger partial charge in [-0.25, -0.2) is 0 Å². The van der Waals surface area contributed by atoms with E-state index in [1.54, 1.807) is 0 Å². The SMILES string of the molecule is CCCCCCCC[P+](CCCCCCCC)(CCCCCCCC)Cc1ccc(C(=O)c2ccc(C[P+](CCCCCCCC)(CCCCCCCC)CCCCCCCC)cc2)cc1. The zero-order valence-electron chi connectivity index (χ0n) is 45.5. The van der Waals surface area contributed by atoms with Gasteiger partial charge in [0.2, 0.25) is 0 Å². The summed E-state index contributed by atoms with van der Waals surface area (Å²) in [5.41, 5.74) is 4.74. The Kier molecular flexibility index (Phi) is 38.6. The van der Waals surface area contributed by atoms with Gasteiger partial charge in [0.05, 0.1) is 49.3 Å². The van der Waals surface area contributed by atoms with Gasteiger partial charge >= 0.3 is 0 Å². The van der Waals surface area contributed by atoms with Crippen molar-refractivity contribution in [3.8, 4) is 0 Å². The Morgan fingerprint density at radius 3 is 0.652 bits per heavy atom. The van der Waals surface area contributed by atoms with E-state index >= 15 is 0 Å². The minimum absolute atomic E-state index is 0.202. The summed E-state index contributed by atoms with van der Waals surface area (Å²) >= 11 is 0. The van der Waals surface area contributed by atoms with Crippen LogP contribution < -0.4 is 0 Å². The van der Waals surface area contributed by atoms with Crippen LogP contribution in [-0.4, -0.2) is 42.8 Å². The first-order valence-electron chi connectivity index (χ1n) is 29.8. The summed E-state index contributed by atoms with van der Waals surface area (Å²) in [7, 11) is -2.26. The molecule has 1 nitrogen and oxygen atoms in total. The first kappa shape index (κ1) is 61.1. The number of rotatable bonds is 48. The van der Waals surface area contributed by atoms with Crippen LogP contribution in [0.25, 0.3) is 0 Å². The van der Waals surface area contributed by atoms with Crippen LogP contribution in [0.5, 0.6) is 0 Å². The largest absolute Gasteiger partial charge is 0.289 e. The van der Waals surface area contributed by atoms with Gasteiger partial charge in [0, 0.05) is 25.7 Å². The summed E-state index contributed by atoms with van der Waals surface area (Å²) < 4.78 is 0. The van der Waals surface area contributed by atoms with Crippen LogP contribution in [-0.2, 0) is 12.3 Å². The van der Waals surface area contributed by atoms with Crippen LogP contribution in [0.1, 0.15) is 300 Å². The number of carbonyl (C=O) groups excluding carboxylic acids is 1. The zero-order valence-corrected chi connectivity index (χ0v) is 47.3. The lowest BCUT2D eigenvalue weighted by atomic mass is 10.0. The van der Waals surface area contributed by atoms with Crippen LogP contribution in [0, 0.1) is 0 Å². The number of hydrogen-bond donors (Lipinski definition) is 0. The van der Waals surface area contributed by atoms with Crippen LogP contribution in [0.2, 0.25) is 0 Å². The predicted octanol–water partition coefficient (Wildman–Crippen LogP) is 22.1. The normalized spacial score (nSPS) is 12.1. The highest BCUT2D eigenvalue weighted by Gasteiger charge is 2.37. The summed E-state index contributed by atoms with van der Waals surface area (Å²) in [5.74, 6) is 0.202. The third-order valence-corrected chi connectivity index (χ3v) is 25.0. The number of hydrogen-bond acceptors (Lipinski definition) is 1. The summed E-state index contributed by atoms with van der Waals surface area (Å²) in [4.78, 5) is 14.1. The van der Waals surface area contributed by atoms with Crippen molar-refractivity contribution >= 4 is 20.3 Å². The van der Waals surface area contributed by atoms with E-state index in [0.29, 0.717) is 0 Å². The lowest BCUT2D eigenvalue weighted by Crippen LogP contribution is -2.13. The second kappa shape index (κ2) is 41.7. The molecule has 380 valence electrons. The Hall–Kier alpha value is -1.03. The molecule has 3 heteroatoms. The average molecular weight is 950 g/mol. The minimum Gasteiger partial charge on any atom is -0.289 e. The van der Waals surface area contributed by atoms with Crippen molar-refractivity contribution < 1.29 is 4.79 Å². The highest BCUT2D eigenvalue weighted by atomic mass is 31.2. The number of carbonyl (C=O) groups is 1. The molecule has 0 aliphatic heterocycles. The van der Waals surface area contributed by atoms with Crippen molar-refractivity contribution in [2.75, 3.05) is 37.0 Å². The molecule has 0 saturated heterocycles. The molecule has 0 amide bonds. The number of ketones is 1. The van der Waals surface area contributed by atoms with Crippen molar-refractivity contribution in [3.05, 3.63) is 70.8 Å². The van der Waals surface area contributed by atoms with Crippen LogP contribution in [0.3, 0.4) is 0 Å². The van der Waals surface area contributed by atoms with E-state index in [-0.39, 0.29) is 5.78 Å². The highest BCUT2D eigenvalue weighted by Crippen LogP contribution is 2.64. The Labute approximate surface area is 415 Å². The molecule has 0 aromatic heterocycles. The summed E-state index contributed by atoms with van der Waals surface area (Å²) in [5, 5.41) is 0. The van der Waals surface area contributed by atoms with E-state index in [4.69, 9.17) is 0 Å². The van der Waals surface area contributed by atoms with Gasteiger partial charge in [-0.15, -0.1) is 0 Å². The first-order valence-corrected chi connectivity index (χ1v) is 34.9. The van der Waals surface area contributed by atoms with Gasteiger partial charge < -0.3 is 0 Å². The third-order valence-electron chi connectivity index (χ3n) is 15.4. The maximum Gasteiger partial charge on any atom is 0.193 e. The lowest BCUT2D eigenvalue weighted by molar-refractivity contribution is 0.103. The molecule has 0 aliphatic rings. The topological polar surface area (TPSA) is 17.1 Å².